The fourth-order valence-electron chi connectivity index (χ4n) is 4.43. The first-order valence-corrected chi connectivity index (χ1v) is 14.1. The molecular weight excluding hydrogens is 540 g/mol. The van der Waals surface area contributed by atoms with Gasteiger partial charge in [0.05, 0.1) is 47.0 Å². The van der Waals surface area contributed by atoms with Crippen LogP contribution in [-0.2, 0) is 43.0 Å². The molecule has 2 amide bonds. The number of unbranched alkanes of at least 4 members (excludes halogenated alkanes) is 2. The minimum Gasteiger partial charge on any atom is -0.481 e. The molecule has 0 aromatic rings. The third-order valence-electron chi connectivity index (χ3n) is 6.92. The summed E-state index contributed by atoms with van der Waals surface area (Å²) in [6, 6.07) is -1.25. The molecule has 14 heteroatoms. The van der Waals surface area contributed by atoms with Crippen molar-refractivity contribution in [2.45, 2.75) is 76.3 Å². The van der Waals surface area contributed by atoms with Gasteiger partial charge < -0.3 is 39.8 Å². The Labute approximate surface area is 241 Å². The Kier molecular flexibility index (Phi) is 18.0. The maximum Gasteiger partial charge on any atom is 0.306 e. The Balaban J connectivity index is 2.41. The third kappa shape index (κ3) is 15.9. The first-order valence-electron chi connectivity index (χ1n) is 14.1. The van der Waals surface area contributed by atoms with E-state index in [1.54, 1.807) is 0 Å². The van der Waals surface area contributed by atoms with Crippen molar-refractivity contribution < 1.29 is 48.1 Å². The lowest BCUT2D eigenvalue weighted by Crippen LogP contribution is -2.61. The molecule has 1 fully saturated rings. The number of aliphatic carboxylic acids is 1. The average Bonchev–Trinajstić information content (AvgIpc) is 2.96. The summed E-state index contributed by atoms with van der Waals surface area (Å²) >= 11 is 0. The van der Waals surface area contributed by atoms with Gasteiger partial charge in [0.15, 0.2) is 0 Å². The van der Waals surface area contributed by atoms with Gasteiger partial charge in [0, 0.05) is 26.2 Å². The van der Waals surface area contributed by atoms with Crippen LogP contribution in [-0.4, -0.2) is 123 Å². The molecule has 0 bridgehead atoms. The van der Waals surface area contributed by atoms with Gasteiger partial charge in [0.2, 0.25) is 11.8 Å². The molecule has 1 aliphatic rings. The molecule has 0 aromatic carbocycles. The Morgan fingerprint density at radius 3 is 1.27 bits per heavy atom. The highest BCUT2D eigenvalue weighted by molar-refractivity contribution is 5.96. The Bertz CT molecular complexity index is 849. The highest BCUT2D eigenvalue weighted by Gasteiger charge is 2.32. The summed E-state index contributed by atoms with van der Waals surface area (Å²) in [6.45, 7) is 2.75. The molecule has 41 heavy (non-hydrogen) atoms. The molecule has 0 aromatic heterocycles. The highest BCUT2D eigenvalue weighted by Crippen LogP contribution is 2.12. The van der Waals surface area contributed by atoms with Gasteiger partial charge in [-0.3, -0.25) is 28.8 Å². The van der Waals surface area contributed by atoms with Crippen molar-refractivity contribution in [3.05, 3.63) is 0 Å². The van der Waals surface area contributed by atoms with E-state index in [2.05, 4.69) is 24.8 Å². The molecular formula is C27H46N4O10. The molecule has 0 spiro atoms. The van der Waals surface area contributed by atoms with Gasteiger partial charge in [-0.25, -0.2) is 0 Å². The lowest BCUT2D eigenvalue weighted by atomic mass is 10.0. The predicted molar refractivity (Wildman–Crippen MR) is 147 cm³/mol. The summed E-state index contributed by atoms with van der Waals surface area (Å²) < 4.78 is 14.0. The number of piperazine rings is 1. The Morgan fingerprint density at radius 1 is 0.610 bits per heavy atom. The summed E-state index contributed by atoms with van der Waals surface area (Å²) in [6.07, 6.45) is 4.12. The molecule has 1 saturated heterocycles. The number of carboxylic acids is 1. The van der Waals surface area contributed by atoms with Gasteiger partial charge in [0.25, 0.3) is 0 Å². The highest BCUT2D eigenvalue weighted by atomic mass is 16.5. The van der Waals surface area contributed by atoms with Crippen LogP contribution in [0.1, 0.15) is 64.2 Å². The number of esters is 3. The van der Waals surface area contributed by atoms with E-state index in [0.29, 0.717) is 77.8 Å². The van der Waals surface area contributed by atoms with Crippen LogP contribution in [0.25, 0.3) is 0 Å². The lowest BCUT2D eigenvalue weighted by Gasteiger charge is -2.30. The second-order valence-corrected chi connectivity index (χ2v) is 9.92. The van der Waals surface area contributed by atoms with Gasteiger partial charge in [-0.1, -0.05) is 0 Å². The molecule has 2 atom stereocenters. The zero-order valence-corrected chi connectivity index (χ0v) is 24.5. The van der Waals surface area contributed by atoms with Crippen LogP contribution in [0, 0.1) is 0 Å². The topological polar surface area (TPSA) is 181 Å². The van der Waals surface area contributed by atoms with Crippen LogP contribution in [0.3, 0.4) is 0 Å². The van der Waals surface area contributed by atoms with Gasteiger partial charge in [0.1, 0.15) is 12.1 Å². The van der Waals surface area contributed by atoms with Crippen molar-refractivity contribution in [2.24, 2.45) is 0 Å². The smallest absolute Gasteiger partial charge is 0.306 e. The molecule has 234 valence electrons. The molecule has 14 nitrogen and oxygen atoms in total. The SMILES string of the molecule is COC(=O)CCN(CCCCC1NC(=O)C(CCCCN(CCC(=O)OC)CCC(=O)OC)NC1=O)CCC(=O)O. The van der Waals surface area contributed by atoms with E-state index in [1.165, 1.54) is 21.3 Å². The maximum atomic E-state index is 12.6. The van der Waals surface area contributed by atoms with Crippen molar-refractivity contribution in [3.63, 3.8) is 0 Å². The lowest BCUT2D eigenvalue weighted by molar-refractivity contribution is -0.142. The van der Waals surface area contributed by atoms with Crippen molar-refractivity contribution in [2.75, 3.05) is 60.6 Å². The maximum absolute atomic E-state index is 12.6. The normalized spacial score (nSPS) is 16.7. The zero-order chi connectivity index (χ0) is 30.6. The number of rotatable bonds is 22. The number of methoxy groups -OCH3 is 3. The zero-order valence-electron chi connectivity index (χ0n) is 24.5. The average molecular weight is 587 g/mol. The second-order valence-electron chi connectivity index (χ2n) is 9.92. The first kappa shape index (κ1) is 35.8. The van der Waals surface area contributed by atoms with Crippen LogP contribution in [0.15, 0.2) is 0 Å². The molecule has 1 aliphatic heterocycles. The number of ether oxygens (including phenoxy) is 3. The van der Waals surface area contributed by atoms with E-state index in [9.17, 15) is 28.8 Å². The molecule has 0 aliphatic carbocycles. The summed E-state index contributed by atoms with van der Waals surface area (Å²) in [4.78, 5) is 74.4. The number of carbonyl (C=O) groups excluding carboxylic acids is 5. The summed E-state index contributed by atoms with van der Waals surface area (Å²) in [5, 5.41) is 14.6. The van der Waals surface area contributed by atoms with E-state index < -0.39 is 18.1 Å². The monoisotopic (exact) mass is 586 g/mol. The van der Waals surface area contributed by atoms with Gasteiger partial charge in [-0.2, -0.15) is 0 Å². The minimum absolute atomic E-state index is 0.0390. The first-order chi connectivity index (χ1) is 19.6. The number of hydrogen-bond acceptors (Lipinski definition) is 11. The number of carbonyl (C=O) groups is 6. The van der Waals surface area contributed by atoms with E-state index in [0.717, 1.165) is 0 Å². The van der Waals surface area contributed by atoms with Crippen molar-refractivity contribution in [1.82, 2.24) is 20.4 Å². The fourth-order valence-corrected chi connectivity index (χ4v) is 4.43. The Morgan fingerprint density at radius 2 is 0.951 bits per heavy atom. The minimum atomic E-state index is -0.918. The number of hydrogen-bond donors (Lipinski definition) is 3. The van der Waals surface area contributed by atoms with E-state index in [4.69, 9.17) is 5.11 Å². The van der Waals surface area contributed by atoms with E-state index in [1.807, 2.05) is 9.80 Å². The van der Waals surface area contributed by atoms with Crippen LogP contribution >= 0.6 is 0 Å². The number of nitrogens with one attached hydrogen (secondary N) is 2. The van der Waals surface area contributed by atoms with Gasteiger partial charge in [-0.05, 0) is 51.6 Å². The molecule has 1 rings (SSSR count). The molecule has 0 saturated carbocycles. The van der Waals surface area contributed by atoms with Gasteiger partial charge >= 0.3 is 23.9 Å². The Hall–Kier alpha value is -3.26. The van der Waals surface area contributed by atoms with Crippen LogP contribution in [0.4, 0.5) is 0 Å². The third-order valence-corrected chi connectivity index (χ3v) is 6.92. The molecule has 1 heterocycles. The second kappa shape index (κ2) is 20.6. The number of amides is 2. The van der Waals surface area contributed by atoms with Crippen molar-refractivity contribution in [3.8, 4) is 0 Å². The van der Waals surface area contributed by atoms with E-state index in [-0.39, 0.29) is 55.4 Å². The summed E-state index contributed by atoms with van der Waals surface area (Å²) in [7, 11) is 3.95. The molecule has 0 radical (unpaired) electrons. The standard InChI is InChI=1S/C27H46N4O10/c1-39-23(34)11-17-30(16-10-22(32)33)14-6-4-8-20-26(37)29-21(27(38)28-20)9-5-7-15-31(18-12-24(35)40-2)19-13-25(36)41-3/h20-21H,4-19H2,1-3H3,(H,28,38)(H,29,37)(H,32,33). The van der Waals surface area contributed by atoms with Crippen molar-refractivity contribution in [1.29, 1.82) is 0 Å². The fraction of sp³-hybridized carbons (Fsp3) is 0.778. The summed E-state index contributed by atoms with van der Waals surface area (Å²) in [5.74, 6) is -2.42. The largest absolute Gasteiger partial charge is 0.481 e. The number of nitrogens with zero attached hydrogens (tertiary/aromatic N) is 2. The molecule has 3 N–H and O–H groups in total. The van der Waals surface area contributed by atoms with Crippen LogP contribution < -0.4 is 10.6 Å². The van der Waals surface area contributed by atoms with Crippen molar-refractivity contribution >= 4 is 35.7 Å². The van der Waals surface area contributed by atoms with Crippen LogP contribution in [0.5, 0.6) is 0 Å². The predicted octanol–water partition coefficient (Wildman–Crippen LogP) is 0.0782. The quantitative estimate of drug-likeness (QED) is 0.0884. The molecule has 2 unspecified atom stereocenters. The van der Waals surface area contributed by atoms with E-state index >= 15 is 0 Å². The van der Waals surface area contributed by atoms with Gasteiger partial charge in [-0.15, -0.1) is 0 Å². The summed E-state index contributed by atoms with van der Waals surface area (Å²) in [5.41, 5.74) is 0. The number of carboxylic acid groups (broad SMARTS) is 1. The van der Waals surface area contributed by atoms with Crippen LogP contribution in [0.2, 0.25) is 0 Å².